The molecular formula is C36H32BrN3NiO3. The van der Waals surface area contributed by atoms with E-state index in [1.54, 1.807) is 6.07 Å². The molecule has 1 fully saturated rings. The van der Waals surface area contributed by atoms with E-state index >= 15 is 0 Å². The molecule has 0 bridgehead atoms. The number of hydrogen-bond acceptors (Lipinski definition) is 6. The Labute approximate surface area is 276 Å². The number of aliphatic carboxylic acids is 1. The van der Waals surface area contributed by atoms with Gasteiger partial charge in [-0.05, 0) is 73.0 Å². The molecule has 8 heteroatoms. The van der Waals surface area contributed by atoms with Crippen molar-refractivity contribution in [3.63, 3.8) is 0 Å². The number of benzene rings is 4. The molecule has 0 saturated carbocycles. The summed E-state index contributed by atoms with van der Waals surface area (Å²) < 4.78 is 0.901. The van der Waals surface area contributed by atoms with Crippen LogP contribution in [0.5, 0.6) is 0 Å². The number of hydrogen-bond donors (Lipinski definition) is 0. The van der Waals surface area contributed by atoms with Crippen molar-refractivity contribution < 1.29 is 31.5 Å². The predicted molar refractivity (Wildman–Crippen MR) is 169 cm³/mol. The summed E-state index contributed by atoms with van der Waals surface area (Å²) in [4.78, 5) is 24.4. The average Bonchev–Trinajstić information content (AvgIpc) is 3.66. The number of rotatable bonds is 9. The number of carbonyl (C=O) groups excluding carboxylic acids is 1. The van der Waals surface area contributed by atoms with Crippen molar-refractivity contribution >= 4 is 39.2 Å². The van der Waals surface area contributed by atoms with Gasteiger partial charge in [-0.3, -0.25) is 14.9 Å². The molecule has 226 valence electrons. The van der Waals surface area contributed by atoms with Crippen molar-refractivity contribution in [1.82, 2.24) is 4.90 Å². The normalized spacial score (nSPS) is 19.3. The Morgan fingerprint density at radius 3 is 2.36 bits per heavy atom. The number of carboxylic acid groups (broad SMARTS) is 1. The van der Waals surface area contributed by atoms with Crippen LogP contribution < -0.4 is 10.2 Å². The molecule has 3 atom stereocenters. The van der Waals surface area contributed by atoms with Crippen molar-refractivity contribution in [2.45, 2.75) is 50.2 Å². The van der Waals surface area contributed by atoms with Crippen LogP contribution in [0.1, 0.15) is 53.0 Å². The van der Waals surface area contributed by atoms with Crippen LogP contribution in [0.25, 0.3) is 0 Å². The molecule has 0 spiro atoms. The Balaban J connectivity index is 0.00000384. The maximum absolute atomic E-state index is 13.7. The van der Waals surface area contributed by atoms with Crippen molar-refractivity contribution in [1.29, 1.82) is 0 Å². The molecule has 4 aromatic rings. The van der Waals surface area contributed by atoms with Gasteiger partial charge in [-0.1, -0.05) is 101 Å². The second-order valence-electron chi connectivity index (χ2n) is 11.2. The van der Waals surface area contributed by atoms with Crippen LogP contribution in [0.4, 0.5) is 5.69 Å². The van der Waals surface area contributed by atoms with Gasteiger partial charge in [-0.2, -0.15) is 0 Å². The van der Waals surface area contributed by atoms with Gasteiger partial charge in [0.2, 0.25) is 0 Å². The summed E-state index contributed by atoms with van der Waals surface area (Å²) in [6.07, 6.45) is 3.14. The molecular weight excluding hydrogens is 661 g/mol. The summed E-state index contributed by atoms with van der Waals surface area (Å²) in [6, 6.07) is 31.6. The molecule has 0 aromatic heterocycles. The maximum Gasteiger partial charge on any atom is 2.00 e. The third-order valence-electron chi connectivity index (χ3n) is 8.44. The van der Waals surface area contributed by atoms with E-state index in [1.807, 2.05) is 84.9 Å². The Morgan fingerprint density at radius 1 is 0.909 bits per heavy atom. The summed E-state index contributed by atoms with van der Waals surface area (Å²) in [5.74, 6) is -1.74. The number of para-hydroxylation sites is 1. The molecule has 4 aromatic carbocycles. The van der Waals surface area contributed by atoms with Gasteiger partial charge in [0.15, 0.2) is 0 Å². The van der Waals surface area contributed by atoms with E-state index in [2.05, 4.69) is 38.0 Å². The number of halogens is 1. The van der Waals surface area contributed by atoms with Crippen LogP contribution in [0.3, 0.4) is 0 Å². The molecule has 2 aliphatic rings. The van der Waals surface area contributed by atoms with E-state index in [9.17, 15) is 15.0 Å². The zero-order valence-electron chi connectivity index (χ0n) is 24.1. The number of nitrogens with zero attached hydrogens (tertiary/aromatic N) is 3. The van der Waals surface area contributed by atoms with Crippen LogP contribution in [0.2, 0.25) is 0 Å². The quantitative estimate of drug-likeness (QED) is 0.137. The van der Waals surface area contributed by atoms with Gasteiger partial charge in [-0.15, -0.1) is 0 Å². The molecule has 1 heterocycles. The number of carboxylic acids is 1. The van der Waals surface area contributed by atoms with Gasteiger partial charge in [0.05, 0.1) is 23.4 Å². The third-order valence-corrected chi connectivity index (χ3v) is 8.93. The molecule has 1 aliphatic heterocycles. The number of carbonyl (C=O) groups is 1. The van der Waals surface area contributed by atoms with Crippen molar-refractivity contribution in [2.24, 2.45) is 9.98 Å². The zero-order chi connectivity index (χ0) is 29.8. The summed E-state index contributed by atoms with van der Waals surface area (Å²) in [7, 11) is 0. The first-order valence-electron chi connectivity index (χ1n) is 14.7. The van der Waals surface area contributed by atoms with Crippen molar-refractivity contribution in [3.05, 3.63) is 135 Å². The number of fused-ring (bicyclic) bond motifs is 1. The molecule has 0 N–H and O–H groups in total. The minimum Gasteiger partial charge on any atom is -0.861 e. The number of aliphatic imine (C=N–C) groups is 2. The van der Waals surface area contributed by atoms with Crippen LogP contribution in [0.15, 0.2) is 118 Å². The number of aryl methyl sites for hydroxylation is 1. The molecule has 1 saturated heterocycles. The smallest absolute Gasteiger partial charge is 0.861 e. The molecule has 0 amide bonds. The molecule has 1 aliphatic carbocycles. The summed E-state index contributed by atoms with van der Waals surface area (Å²) in [5, 5.41) is 26.4. The van der Waals surface area contributed by atoms with Gasteiger partial charge >= 0.3 is 16.5 Å². The first-order chi connectivity index (χ1) is 21.0. The Bertz CT molecular complexity index is 1660. The summed E-state index contributed by atoms with van der Waals surface area (Å²) >= 11 is 3.54. The molecule has 0 unspecified atom stereocenters. The topological polar surface area (TPSA) is 91.1 Å². The van der Waals surface area contributed by atoms with E-state index in [-0.39, 0.29) is 34.3 Å². The Morgan fingerprint density at radius 2 is 1.61 bits per heavy atom. The fourth-order valence-electron chi connectivity index (χ4n) is 6.35. The minimum atomic E-state index is -1.22. The van der Waals surface area contributed by atoms with Crippen LogP contribution in [0, 0.1) is 0 Å². The number of likely N-dealkylation sites (tertiary alicyclic amines) is 1. The van der Waals surface area contributed by atoms with Gasteiger partial charge in [0, 0.05) is 34.1 Å². The molecule has 6 rings (SSSR count). The van der Waals surface area contributed by atoms with Crippen LogP contribution in [-0.2, 0) is 34.3 Å². The first kappa shape index (κ1) is 31.8. The van der Waals surface area contributed by atoms with Gasteiger partial charge in [0.25, 0.3) is 0 Å². The standard InChI is InChI=1S/C36H34BrN3O3.Ni/c37-27-19-17-25-18-20-28(30(25)22-27)34(36(42)43)39-33(26-12-5-2-6-13-26)29-14-7-8-15-31(29)38-35(41)32-16-9-21-40(32)23-24-10-3-1-4-11-24;/h1-8,10-15,17,19,22,28,32,34H,9,16,18,20-21,23H2,(H,38,41)(H,42,43);/q;+2/p-2/t28-,32-,34-;/m0./s1. The van der Waals surface area contributed by atoms with E-state index in [0.29, 0.717) is 29.9 Å². The van der Waals surface area contributed by atoms with E-state index < -0.39 is 12.0 Å². The largest absolute Gasteiger partial charge is 2.00 e. The second kappa shape index (κ2) is 14.5. The minimum absolute atomic E-state index is 0. The maximum atomic E-state index is 13.7. The van der Waals surface area contributed by atoms with Crippen molar-refractivity contribution in [3.8, 4) is 0 Å². The SMILES string of the molecule is O=C([O-])[C@@H](N=C(c1ccccc1)c1ccccc1N=C([O-])[C@@H]1CCCN1Cc1ccccc1)[C@H]1CCc2ccc(Br)cc21.[Ni+2]. The average molecular weight is 693 g/mol. The van der Waals surface area contributed by atoms with E-state index in [0.717, 1.165) is 52.5 Å². The Kier molecular flexibility index (Phi) is 10.5. The van der Waals surface area contributed by atoms with E-state index in [4.69, 9.17) is 4.99 Å². The predicted octanol–water partition coefficient (Wildman–Crippen LogP) is 5.19. The fourth-order valence-corrected chi connectivity index (χ4v) is 6.73. The van der Waals surface area contributed by atoms with Gasteiger partial charge in [-0.25, -0.2) is 0 Å². The van der Waals surface area contributed by atoms with Crippen molar-refractivity contribution in [2.75, 3.05) is 6.54 Å². The van der Waals surface area contributed by atoms with Crippen LogP contribution >= 0.6 is 15.9 Å². The van der Waals surface area contributed by atoms with Gasteiger partial charge < -0.3 is 15.0 Å². The zero-order valence-corrected chi connectivity index (χ0v) is 26.6. The van der Waals surface area contributed by atoms with Crippen LogP contribution in [-0.4, -0.2) is 41.1 Å². The fraction of sp³-hybridized carbons (Fsp3) is 0.250. The molecule has 6 nitrogen and oxygen atoms in total. The summed E-state index contributed by atoms with van der Waals surface area (Å²) in [5.41, 5.74) is 5.61. The monoisotopic (exact) mass is 691 g/mol. The third kappa shape index (κ3) is 7.04. The summed E-state index contributed by atoms with van der Waals surface area (Å²) in [6.45, 7) is 1.53. The van der Waals surface area contributed by atoms with Gasteiger partial charge in [0.1, 0.15) is 0 Å². The molecule has 0 radical (unpaired) electrons. The first-order valence-corrected chi connectivity index (χ1v) is 15.5. The Hall–Kier alpha value is -3.58. The second-order valence-corrected chi connectivity index (χ2v) is 12.1. The molecule has 44 heavy (non-hydrogen) atoms. The van der Waals surface area contributed by atoms with E-state index in [1.165, 1.54) is 0 Å².